The van der Waals surface area contributed by atoms with Crippen LogP contribution >= 0.6 is 15.9 Å². The molecule has 1 N–H and O–H groups in total. The van der Waals surface area contributed by atoms with Crippen LogP contribution in [0.25, 0.3) is 0 Å². The van der Waals surface area contributed by atoms with E-state index >= 15 is 0 Å². The van der Waals surface area contributed by atoms with Crippen LogP contribution in [0.3, 0.4) is 0 Å². The quantitative estimate of drug-likeness (QED) is 0.882. The van der Waals surface area contributed by atoms with E-state index in [0.717, 1.165) is 18.9 Å². The number of benzene rings is 1. The van der Waals surface area contributed by atoms with Crippen molar-refractivity contribution >= 4 is 15.9 Å². The number of hydrogen-bond donors (Lipinski definition) is 1. The van der Waals surface area contributed by atoms with Gasteiger partial charge >= 0.3 is 6.18 Å². The van der Waals surface area contributed by atoms with Crippen LogP contribution in [0.1, 0.15) is 36.5 Å². The van der Waals surface area contributed by atoms with E-state index in [2.05, 4.69) is 15.9 Å². The summed E-state index contributed by atoms with van der Waals surface area (Å²) in [5.74, 6) is 0.475. The number of hydrogen-bond acceptors (Lipinski definition) is 1. The number of halogens is 4. The van der Waals surface area contributed by atoms with Crippen LogP contribution in [0.5, 0.6) is 0 Å². The smallest absolute Gasteiger partial charge is 0.388 e. The van der Waals surface area contributed by atoms with Gasteiger partial charge in [0.1, 0.15) is 0 Å². The molecule has 0 heterocycles. The highest BCUT2D eigenvalue weighted by Gasteiger charge is 2.34. The Morgan fingerprint density at radius 3 is 2.53 bits per heavy atom. The molecule has 5 heteroatoms. The van der Waals surface area contributed by atoms with Crippen LogP contribution in [-0.2, 0) is 6.18 Å². The van der Waals surface area contributed by atoms with Gasteiger partial charge in [-0.1, -0.05) is 34.8 Å². The van der Waals surface area contributed by atoms with Gasteiger partial charge in [-0.15, -0.1) is 0 Å². The first-order valence-corrected chi connectivity index (χ1v) is 6.22. The molecule has 1 saturated carbocycles. The average Bonchev–Trinajstić information content (AvgIpc) is 3.00. The second-order valence-electron chi connectivity index (χ2n) is 4.43. The van der Waals surface area contributed by atoms with Crippen LogP contribution in [0.2, 0.25) is 0 Å². The Morgan fingerprint density at radius 2 is 2.00 bits per heavy atom. The zero-order chi connectivity index (χ0) is 12.6. The first-order valence-electron chi connectivity index (χ1n) is 5.42. The van der Waals surface area contributed by atoms with Crippen LogP contribution < -0.4 is 0 Å². The first kappa shape index (κ1) is 12.9. The Kier molecular flexibility index (Phi) is 3.50. The van der Waals surface area contributed by atoms with Crippen molar-refractivity contribution in [3.63, 3.8) is 0 Å². The number of aliphatic hydroxyl groups is 1. The molecule has 0 aromatic heterocycles. The number of rotatable bonds is 3. The van der Waals surface area contributed by atoms with Crippen LogP contribution in [0.15, 0.2) is 22.7 Å². The highest BCUT2D eigenvalue weighted by atomic mass is 79.9. The average molecular weight is 309 g/mol. The lowest BCUT2D eigenvalue weighted by Gasteiger charge is -2.14. The van der Waals surface area contributed by atoms with E-state index in [9.17, 15) is 18.3 Å². The van der Waals surface area contributed by atoms with E-state index in [4.69, 9.17) is 0 Å². The summed E-state index contributed by atoms with van der Waals surface area (Å²) < 4.78 is 38.0. The standard InChI is InChI=1S/C12H12BrF3O/c13-10-4-3-8(6-9(10)12(14,15)16)11(17)5-7-1-2-7/h3-4,6-7,11,17H,1-2,5H2. The maximum Gasteiger partial charge on any atom is 0.417 e. The van der Waals surface area contributed by atoms with Crippen LogP contribution in [0, 0.1) is 5.92 Å². The second kappa shape index (κ2) is 4.61. The molecular weight excluding hydrogens is 297 g/mol. The van der Waals surface area contributed by atoms with Gasteiger partial charge < -0.3 is 5.11 Å². The predicted octanol–water partition coefficient (Wildman–Crippen LogP) is 4.30. The third-order valence-corrected chi connectivity index (χ3v) is 3.63. The maximum absolute atomic E-state index is 12.7. The molecule has 17 heavy (non-hydrogen) atoms. The Balaban J connectivity index is 2.23. The van der Waals surface area contributed by atoms with E-state index in [1.54, 1.807) is 0 Å². The van der Waals surface area contributed by atoms with E-state index < -0.39 is 17.8 Å². The number of aliphatic hydroxyl groups excluding tert-OH is 1. The minimum atomic E-state index is -4.39. The Hall–Kier alpha value is -0.550. The maximum atomic E-state index is 12.7. The summed E-state index contributed by atoms with van der Waals surface area (Å²) in [5.41, 5.74) is -0.391. The van der Waals surface area contributed by atoms with E-state index in [1.165, 1.54) is 12.1 Å². The van der Waals surface area contributed by atoms with Gasteiger partial charge in [-0.25, -0.2) is 0 Å². The summed E-state index contributed by atoms with van der Waals surface area (Å²) in [6, 6.07) is 3.90. The van der Waals surface area contributed by atoms with Crippen molar-refractivity contribution in [2.75, 3.05) is 0 Å². The molecular formula is C12H12BrF3O. The van der Waals surface area contributed by atoms with Gasteiger partial charge in [0.15, 0.2) is 0 Å². The lowest BCUT2D eigenvalue weighted by Crippen LogP contribution is -2.08. The van der Waals surface area contributed by atoms with E-state index in [1.807, 2.05) is 0 Å². The molecule has 1 aliphatic rings. The van der Waals surface area contributed by atoms with Crippen molar-refractivity contribution in [3.05, 3.63) is 33.8 Å². The lowest BCUT2D eigenvalue weighted by molar-refractivity contribution is -0.138. The monoisotopic (exact) mass is 308 g/mol. The molecule has 0 amide bonds. The van der Waals surface area contributed by atoms with Crippen molar-refractivity contribution in [2.45, 2.75) is 31.5 Å². The Bertz CT molecular complexity index is 413. The SMILES string of the molecule is OC(CC1CC1)c1ccc(Br)c(C(F)(F)F)c1. The predicted molar refractivity (Wildman–Crippen MR) is 61.4 cm³/mol. The van der Waals surface area contributed by atoms with Gasteiger partial charge in [0.25, 0.3) is 0 Å². The lowest BCUT2D eigenvalue weighted by atomic mass is 10.0. The Labute approximate surface area is 106 Å². The molecule has 1 atom stereocenters. The van der Waals surface area contributed by atoms with Gasteiger partial charge in [-0.05, 0) is 30.0 Å². The summed E-state index contributed by atoms with van der Waals surface area (Å²) in [7, 11) is 0. The third kappa shape index (κ3) is 3.22. The largest absolute Gasteiger partial charge is 0.417 e. The van der Waals surface area contributed by atoms with E-state index in [-0.39, 0.29) is 4.47 Å². The Morgan fingerprint density at radius 1 is 1.35 bits per heavy atom. The molecule has 1 aromatic carbocycles. The topological polar surface area (TPSA) is 20.2 Å². The van der Waals surface area contributed by atoms with Gasteiger partial charge in [-0.2, -0.15) is 13.2 Å². The van der Waals surface area contributed by atoms with Crippen molar-refractivity contribution in [3.8, 4) is 0 Å². The molecule has 0 saturated heterocycles. The third-order valence-electron chi connectivity index (χ3n) is 2.93. The molecule has 1 aliphatic carbocycles. The first-order chi connectivity index (χ1) is 7.88. The molecule has 0 aliphatic heterocycles. The summed E-state index contributed by atoms with van der Waals surface area (Å²) in [5, 5.41) is 9.83. The molecule has 94 valence electrons. The summed E-state index contributed by atoms with van der Waals surface area (Å²) in [6.07, 6.45) is -2.50. The van der Waals surface area contributed by atoms with Gasteiger partial charge in [0, 0.05) is 4.47 Å². The van der Waals surface area contributed by atoms with E-state index in [0.29, 0.717) is 17.9 Å². The fraction of sp³-hybridized carbons (Fsp3) is 0.500. The molecule has 1 unspecified atom stereocenters. The van der Waals surface area contributed by atoms with Gasteiger partial charge in [-0.3, -0.25) is 0 Å². The fourth-order valence-corrected chi connectivity index (χ4v) is 2.24. The zero-order valence-electron chi connectivity index (χ0n) is 8.97. The fourth-order valence-electron chi connectivity index (χ4n) is 1.77. The highest BCUT2D eigenvalue weighted by Crippen LogP contribution is 2.40. The van der Waals surface area contributed by atoms with Gasteiger partial charge in [0.2, 0.25) is 0 Å². The van der Waals surface area contributed by atoms with Crippen LogP contribution in [0.4, 0.5) is 13.2 Å². The molecule has 0 spiro atoms. The summed E-state index contributed by atoms with van der Waals surface area (Å²) in [6.45, 7) is 0. The number of alkyl halides is 3. The summed E-state index contributed by atoms with van der Waals surface area (Å²) >= 11 is 2.88. The minimum absolute atomic E-state index is 0.00683. The van der Waals surface area contributed by atoms with Gasteiger partial charge in [0.05, 0.1) is 11.7 Å². The molecule has 2 rings (SSSR count). The molecule has 0 radical (unpaired) electrons. The van der Waals surface area contributed by atoms with Crippen molar-refractivity contribution in [1.82, 2.24) is 0 Å². The van der Waals surface area contributed by atoms with Crippen LogP contribution in [-0.4, -0.2) is 5.11 Å². The molecule has 1 nitrogen and oxygen atoms in total. The molecule has 1 fully saturated rings. The van der Waals surface area contributed by atoms with Crippen molar-refractivity contribution in [2.24, 2.45) is 5.92 Å². The van der Waals surface area contributed by atoms with Crippen molar-refractivity contribution in [1.29, 1.82) is 0 Å². The molecule has 1 aromatic rings. The zero-order valence-corrected chi connectivity index (χ0v) is 10.6. The minimum Gasteiger partial charge on any atom is -0.388 e. The summed E-state index contributed by atoms with van der Waals surface area (Å²) in [4.78, 5) is 0. The normalized spacial score (nSPS) is 18.2. The van der Waals surface area contributed by atoms with Crippen molar-refractivity contribution < 1.29 is 18.3 Å². The molecule has 0 bridgehead atoms. The highest BCUT2D eigenvalue weighted by molar-refractivity contribution is 9.10. The second-order valence-corrected chi connectivity index (χ2v) is 5.29.